The molecule has 0 radical (unpaired) electrons. The molecule has 78 valence electrons. The maximum atomic E-state index is 11.5. The molecule has 1 heterocycles. The maximum absolute atomic E-state index is 11.5. The average Bonchev–Trinajstić information content (AvgIpc) is 2.19. The zero-order valence-electron chi connectivity index (χ0n) is 8.54. The van der Waals surface area contributed by atoms with Gasteiger partial charge in [-0.3, -0.25) is 4.79 Å². The van der Waals surface area contributed by atoms with Gasteiger partial charge in [0, 0.05) is 13.1 Å². The monoisotopic (exact) mass is 194 g/mol. The minimum Gasteiger partial charge on any atom is -0.342 e. The highest BCUT2D eigenvalue weighted by Crippen LogP contribution is 2.19. The molecule has 0 spiro atoms. The van der Waals surface area contributed by atoms with E-state index < -0.39 is 0 Å². The van der Waals surface area contributed by atoms with Crippen LogP contribution in [0.2, 0.25) is 0 Å². The van der Waals surface area contributed by atoms with Crippen LogP contribution in [0.1, 0.15) is 25.7 Å². The molecule has 1 unspecified atom stereocenters. The van der Waals surface area contributed by atoms with Crippen LogP contribution in [0, 0.1) is 18.3 Å². The second-order valence-corrected chi connectivity index (χ2v) is 3.81. The number of piperidine rings is 1. The predicted octanol–water partition coefficient (Wildman–Crippen LogP) is 0.597. The number of nitrogens with two attached hydrogens (primary N) is 1. The highest BCUT2D eigenvalue weighted by Gasteiger charge is 2.22. The van der Waals surface area contributed by atoms with Crippen LogP contribution in [0.4, 0.5) is 0 Å². The van der Waals surface area contributed by atoms with Gasteiger partial charge in [0.15, 0.2) is 0 Å². The van der Waals surface area contributed by atoms with E-state index in [1.807, 2.05) is 4.90 Å². The lowest BCUT2D eigenvalue weighted by Gasteiger charge is -2.32. The molecule has 0 saturated carbocycles. The van der Waals surface area contributed by atoms with Gasteiger partial charge < -0.3 is 10.6 Å². The zero-order chi connectivity index (χ0) is 10.4. The molecule has 1 aliphatic heterocycles. The zero-order valence-corrected chi connectivity index (χ0v) is 8.54. The molecule has 0 aromatic rings. The van der Waals surface area contributed by atoms with Crippen LogP contribution in [-0.2, 0) is 4.79 Å². The Bertz CT molecular complexity index is 230. The number of hydrogen-bond acceptors (Lipinski definition) is 2. The van der Waals surface area contributed by atoms with Crippen molar-refractivity contribution in [1.82, 2.24) is 4.90 Å². The van der Waals surface area contributed by atoms with Gasteiger partial charge in [-0.1, -0.05) is 5.92 Å². The van der Waals surface area contributed by atoms with Gasteiger partial charge >= 0.3 is 0 Å². The minimum atomic E-state index is 0.0919. The van der Waals surface area contributed by atoms with E-state index in [9.17, 15) is 4.79 Å². The molecule has 1 aliphatic rings. The van der Waals surface area contributed by atoms with E-state index in [0.29, 0.717) is 12.5 Å². The first kappa shape index (κ1) is 11.1. The van der Waals surface area contributed by atoms with Crippen molar-refractivity contribution in [2.45, 2.75) is 25.7 Å². The number of likely N-dealkylation sites (tertiary alicyclic amines) is 1. The Kier molecular flexibility index (Phi) is 4.48. The molecule has 0 aromatic carbocycles. The van der Waals surface area contributed by atoms with Gasteiger partial charge in [0.25, 0.3) is 0 Å². The van der Waals surface area contributed by atoms with Crippen LogP contribution < -0.4 is 5.73 Å². The van der Waals surface area contributed by atoms with E-state index in [4.69, 9.17) is 12.2 Å². The van der Waals surface area contributed by atoms with E-state index >= 15 is 0 Å². The molecule has 14 heavy (non-hydrogen) atoms. The van der Waals surface area contributed by atoms with Gasteiger partial charge in [-0.05, 0) is 31.7 Å². The van der Waals surface area contributed by atoms with Gasteiger partial charge in [0.2, 0.25) is 5.91 Å². The molecule has 0 aromatic heterocycles. The first-order valence-corrected chi connectivity index (χ1v) is 5.19. The third-order valence-corrected chi connectivity index (χ3v) is 2.70. The van der Waals surface area contributed by atoms with Crippen molar-refractivity contribution in [3.8, 4) is 12.3 Å². The molecule has 2 N–H and O–H groups in total. The summed E-state index contributed by atoms with van der Waals surface area (Å²) in [5.74, 6) is 3.07. The van der Waals surface area contributed by atoms with E-state index in [0.717, 1.165) is 25.9 Å². The standard InChI is InChI=1S/C11H18N2O/c1-2-4-11(14)13-8-3-5-10(9-13)6-7-12/h1,10H,3-9,12H2. The van der Waals surface area contributed by atoms with Crippen LogP contribution in [0.5, 0.6) is 0 Å². The molecular weight excluding hydrogens is 176 g/mol. The highest BCUT2D eigenvalue weighted by molar-refractivity contribution is 5.78. The summed E-state index contributed by atoms with van der Waals surface area (Å²) in [6.07, 6.45) is 8.63. The molecule has 3 nitrogen and oxygen atoms in total. The minimum absolute atomic E-state index is 0.0919. The van der Waals surface area contributed by atoms with Crippen molar-refractivity contribution >= 4 is 5.91 Å². The fourth-order valence-corrected chi connectivity index (χ4v) is 1.96. The SMILES string of the molecule is C#CCC(=O)N1CCCC(CCN)C1. The normalized spacial score (nSPS) is 21.7. The van der Waals surface area contributed by atoms with Gasteiger partial charge in [-0.2, -0.15) is 0 Å². The van der Waals surface area contributed by atoms with Gasteiger partial charge in [-0.25, -0.2) is 0 Å². The Balaban J connectivity index is 2.40. The largest absolute Gasteiger partial charge is 0.342 e. The van der Waals surface area contributed by atoms with Crippen molar-refractivity contribution in [2.75, 3.05) is 19.6 Å². The molecule has 3 heteroatoms. The predicted molar refractivity (Wildman–Crippen MR) is 56.4 cm³/mol. The summed E-state index contributed by atoms with van der Waals surface area (Å²) < 4.78 is 0. The summed E-state index contributed by atoms with van der Waals surface area (Å²) in [6.45, 7) is 2.42. The highest BCUT2D eigenvalue weighted by atomic mass is 16.2. The smallest absolute Gasteiger partial charge is 0.234 e. The number of terminal acetylenes is 1. The number of carbonyl (C=O) groups is 1. The van der Waals surface area contributed by atoms with E-state index in [1.54, 1.807) is 0 Å². The lowest BCUT2D eigenvalue weighted by molar-refractivity contribution is -0.131. The fraction of sp³-hybridized carbons (Fsp3) is 0.727. The second-order valence-electron chi connectivity index (χ2n) is 3.81. The van der Waals surface area contributed by atoms with Crippen molar-refractivity contribution in [2.24, 2.45) is 11.7 Å². The van der Waals surface area contributed by atoms with Crippen molar-refractivity contribution in [3.05, 3.63) is 0 Å². The lowest BCUT2D eigenvalue weighted by atomic mass is 9.95. The molecule has 0 aliphatic carbocycles. The molecular formula is C11H18N2O. The van der Waals surface area contributed by atoms with Crippen LogP contribution >= 0.6 is 0 Å². The Morgan fingerprint density at radius 3 is 3.07 bits per heavy atom. The van der Waals surface area contributed by atoms with E-state index in [2.05, 4.69) is 5.92 Å². The molecule has 0 bridgehead atoms. The van der Waals surface area contributed by atoms with Crippen molar-refractivity contribution in [1.29, 1.82) is 0 Å². The molecule has 1 atom stereocenters. The van der Waals surface area contributed by atoms with Gasteiger partial charge in [-0.15, -0.1) is 6.42 Å². The summed E-state index contributed by atoms with van der Waals surface area (Å²) in [5, 5.41) is 0. The second kappa shape index (κ2) is 5.66. The van der Waals surface area contributed by atoms with Crippen LogP contribution in [0.25, 0.3) is 0 Å². The Morgan fingerprint density at radius 2 is 2.43 bits per heavy atom. The quantitative estimate of drug-likeness (QED) is 0.669. The Hall–Kier alpha value is -1.01. The van der Waals surface area contributed by atoms with Gasteiger partial charge in [0.05, 0.1) is 6.42 Å². The van der Waals surface area contributed by atoms with E-state index in [1.165, 1.54) is 6.42 Å². The number of rotatable bonds is 3. The van der Waals surface area contributed by atoms with Crippen LogP contribution in [0.3, 0.4) is 0 Å². The first-order chi connectivity index (χ1) is 6.77. The third kappa shape index (κ3) is 3.04. The van der Waals surface area contributed by atoms with Crippen LogP contribution in [0.15, 0.2) is 0 Å². The van der Waals surface area contributed by atoms with E-state index in [-0.39, 0.29) is 12.3 Å². The van der Waals surface area contributed by atoms with Crippen LogP contribution in [-0.4, -0.2) is 30.4 Å². The van der Waals surface area contributed by atoms with Crippen molar-refractivity contribution in [3.63, 3.8) is 0 Å². The van der Waals surface area contributed by atoms with Crippen molar-refractivity contribution < 1.29 is 4.79 Å². The average molecular weight is 194 g/mol. The Morgan fingerprint density at radius 1 is 1.64 bits per heavy atom. The first-order valence-electron chi connectivity index (χ1n) is 5.19. The topological polar surface area (TPSA) is 46.3 Å². The maximum Gasteiger partial charge on any atom is 0.234 e. The summed E-state index contributed by atoms with van der Waals surface area (Å²) in [4.78, 5) is 13.4. The third-order valence-electron chi connectivity index (χ3n) is 2.70. The molecule has 1 saturated heterocycles. The molecule has 1 rings (SSSR count). The van der Waals surface area contributed by atoms with Gasteiger partial charge in [0.1, 0.15) is 0 Å². The summed E-state index contributed by atoms with van der Waals surface area (Å²) >= 11 is 0. The lowest BCUT2D eigenvalue weighted by Crippen LogP contribution is -2.40. The fourth-order valence-electron chi connectivity index (χ4n) is 1.96. The molecule has 1 amide bonds. The Labute approximate surface area is 85.6 Å². The summed E-state index contributed by atoms with van der Waals surface area (Å²) in [6, 6.07) is 0. The molecule has 1 fully saturated rings. The number of amides is 1. The number of nitrogens with zero attached hydrogens (tertiary/aromatic N) is 1. The number of carbonyl (C=O) groups excluding carboxylic acids is 1. The number of hydrogen-bond donors (Lipinski definition) is 1. The summed E-state index contributed by atoms with van der Waals surface area (Å²) in [7, 11) is 0. The summed E-state index contributed by atoms with van der Waals surface area (Å²) in [5.41, 5.74) is 5.50.